The van der Waals surface area contributed by atoms with Crippen molar-refractivity contribution in [3.63, 3.8) is 0 Å². The summed E-state index contributed by atoms with van der Waals surface area (Å²) in [5.74, 6) is 2.80. The Bertz CT molecular complexity index is 625. The first kappa shape index (κ1) is 24.9. The third kappa shape index (κ3) is 7.65. The van der Waals surface area contributed by atoms with Gasteiger partial charge in [0.2, 0.25) is 5.75 Å². The van der Waals surface area contributed by atoms with Gasteiger partial charge >= 0.3 is 0 Å². The van der Waals surface area contributed by atoms with Crippen molar-refractivity contribution in [3.05, 3.63) is 17.7 Å². The fraction of sp³-hybridized carbons (Fsp3) is 0.682. The van der Waals surface area contributed by atoms with E-state index in [2.05, 4.69) is 48.2 Å². The summed E-state index contributed by atoms with van der Waals surface area (Å²) in [5, 5.41) is 6.76. The first-order valence-electron chi connectivity index (χ1n) is 10.4. The molecule has 7 nitrogen and oxygen atoms in total. The maximum absolute atomic E-state index is 5.55. The molecule has 1 aromatic rings. The fourth-order valence-electron chi connectivity index (χ4n) is 3.48. The Hall–Kier alpha value is -2.15. The van der Waals surface area contributed by atoms with Crippen molar-refractivity contribution in [2.24, 2.45) is 4.99 Å². The lowest BCUT2D eigenvalue weighted by Gasteiger charge is -2.30. The van der Waals surface area contributed by atoms with Crippen LogP contribution in [-0.2, 0) is 6.42 Å². The van der Waals surface area contributed by atoms with E-state index in [1.165, 1.54) is 0 Å². The van der Waals surface area contributed by atoms with E-state index in [-0.39, 0.29) is 0 Å². The Morgan fingerprint density at radius 3 is 2.07 bits per heavy atom. The summed E-state index contributed by atoms with van der Waals surface area (Å²) in [6.07, 6.45) is 1.85. The monoisotopic (exact) mass is 408 g/mol. The molecule has 0 aliphatic carbocycles. The van der Waals surface area contributed by atoms with Crippen molar-refractivity contribution in [2.75, 3.05) is 48.0 Å². The molecule has 1 rings (SSSR count). The van der Waals surface area contributed by atoms with Gasteiger partial charge in [0.1, 0.15) is 0 Å². The molecule has 7 heteroatoms. The molecule has 0 radical (unpaired) electrons. The zero-order valence-corrected chi connectivity index (χ0v) is 19.5. The number of hydrogen-bond donors (Lipinski definition) is 2. The van der Waals surface area contributed by atoms with Crippen LogP contribution < -0.4 is 24.8 Å². The van der Waals surface area contributed by atoms with E-state index in [4.69, 9.17) is 14.2 Å². The van der Waals surface area contributed by atoms with E-state index < -0.39 is 0 Å². The van der Waals surface area contributed by atoms with Crippen molar-refractivity contribution >= 4 is 5.96 Å². The first-order valence-corrected chi connectivity index (χ1v) is 10.4. The highest BCUT2D eigenvalue weighted by Gasteiger charge is 2.16. The average Bonchev–Trinajstić information content (AvgIpc) is 2.70. The molecule has 166 valence electrons. The molecule has 0 bridgehead atoms. The molecule has 0 fully saturated rings. The second-order valence-corrected chi connectivity index (χ2v) is 7.45. The van der Waals surface area contributed by atoms with E-state index in [9.17, 15) is 0 Å². The number of rotatable bonds is 12. The minimum atomic E-state index is 0.559. The zero-order chi connectivity index (χ0) is 21.8. The van der Waals surface area contributed by atoms with Gasteiger partial charge in [-0.3, -0.25) is 9.89 Å². The lowest BCUT2D eigenvalue weighted by Crippen LogP contribution is -2.41. The second kappa shape index (κ2) is 13.1. The molecule has 1 aromatic carbocycles. The number of methoxy groups -OCH3 is 3. The number of nitrogens with zero attached hydrogens (tertiary/aromatic N) is 2. The van der Waals surface area contributed by atoms with E-state index >= 15 is 0 Å². The van der Waals surface area contributed by atoms with E-state index in [1.807, 2.05) is 12.1 Å². The van der Waals surface area contributed by atoms with Gasteiger partial charge in [0.05, 0.1) is 21.3 Å². The van der Waals surface area contributed by atoms with Gasteiger partial charge in [-0.2, -0.15) is 0 Å². The van der Waals surface area contributed by atoms with Crippen molar-refractivity contribution in [1.82, 2.24) is 15.5 Å². The van der Waals surface area contributed by atoms with Crippen molar-refractivity contribution < 1.29 is 14.2 Å². The Kier molecular flexibility index (Phi) is 11.3. The molecule has 0 saturated carbocycles. The van der Waals surface area contributed by atoms with Crippen LogP contribution in [-0.4, -0.2) is 71.0 Å². The Labute approximate surface area is 176 Å². The van der Waals surface area contributed by atoms with Crippen LogP contribution in [0.25, 0.3) is 0 Å². The van der Waals surface area contributed by atoms with Crippen LogP contribution in [0.15, 0.2) is 17.1 Å². The Balaban J connectivity index is 2.52. The molecule has 0 spiro atoms. The molecule has 0 heterocycles. The number of aliphatic imine (C=N–C) groups is 1. The van der Waals surface area contributed by atoms with Crippen LogP contribution in [0.1, 0.15) is 39.7 Å². The van der Waals surface area contributed by atoms with E-state index in [0.717, 1.165) is 44.0 Å². The predicted octanol–water partition coefficient (Wildman–Crippen LogP) is 2.93. The van der Waals surface area contributed by atoms with Gasteiger partial charge < -0.3 is 24.8 Å². The highest BCUT2D eigenvalue weighted by molar-refractivity contribution is 5.79. The minimum Gasteiger partial charge on any atom is -0.493 e. The quantitative estimate of drug-likeness (QED) is 0.315. The smallest absolute Gasteiger partial charge is 0.203 e. The largest absolute Gasteiger partial charge is 0.493 e. The van der Waals surface area contributed by atoms with Gasteiger partial charge in [0.15, 0.2) is 17.5 Å². The third-order valence-corrected chi connectivity index (χ3v) is 4.91. The number of nitrogens with one attached hydrogen (secondary N) is 2. The lowest BCUT2D eigenvalue weighted by molar-refractivity contribution is 0.173. The molecular formula is C22H40N4O3. The molecule has 0 amide bonds. The van der Waals surface area contributed by atoms with Gasteiger partial charge in [-0.25, -0.2) is 0 Å². The standard InChI is InChI=1S/C22H40N4O3/c1-16(2)26(17(3)4)15-9-13-24-22(23-5)25-14-12-18-10-11-19(27-6)21(29-8)20(18)28-7/h10-11,16-17H,9,12-15H2,1-8H3,(H2,23,24,25). The number of benzene rings is 1. The zero-order valence-electron chi connectivity index (χ0n) is 19.5. The summed E-state index contributed by atoms with van der Waals surface area (Å²) < 4.78 is 16.3. The number of guanidine groups is 1. The molecule has 0 aliphatic rings. The maximum Gasteiger partial charge on any atom is 0.203 e. The molecule has 0 atom stereocenters. The minimum absolute atomic E-state index is 0.559. The van der Waals surface area contributed by atoms with Crippen LogP contribution in [0, 0.1) is 0 Å². The van der Waals surface area contributed by atoms with E-state index in [0.29, 0.717) is 29.3 Å². The highest BCUT2D eigenvalue weighted by atomic mass is 16.5. The van der Waals surface area contributed by atoms with Crippen molar-refractivity contribution in [2.45, 2.75) is 52.6 Å². The van der Waals surface area contributed by atoms with Gasteiger partial charge in [-0.15, -0.1) is 0 Å². The molecule has 29 heavy (non-hydrogen) atoms. The number of ether oxygens (including phenoxy) is 3. The SMILES string of the molecule is CN=C(NCCCN(C(C)C)C(C)C)NCCc1ccc(OC)c(OC)c1OC. The Morgan fingerprint density at radius 2 is 1.55 bits per heavy atom. The summed E-state index contributed by atoms with van der Waals surface area (Å²) in [6.45, 7) is 11.7. The summed E-state index contributed by atoms with van der Waals surface area (Å²) in [5.41, 5.74) is 1.05. The van der Waals surface area contributed by atoms with Crippen LogP contribution in [0.4, 0.5) is 0 Å². The van der Waals surface area contributed by atoms with Crippen LogP contribution in [0.2, 0.25) is 0 Å². The maximum atomic E-state index is 5.55. The second-order valence-electron chi connectivity index (χ2n) is 7.45. The molecule has 2 N–H and O–H groups in total. The van der Waals surface area contributed by atoms with E-state index in [1.54, 1.807) is 28.4 Å². The van der Waals surface area contributed by atoms with Gasteiger partial charge in [-0.05, 0) is 46.6 Å². The summed E-state index contributed by atoms with van der Waals surface area (Å²) in [6, 6.07) is 5.02. The molecule has 0 aromatic heterocycles. The van der Waals surface area contributed by atoms with Crippen LogP contribution >= 0.6 is 0 Å². The normalized spacial score (nSPS) is 11.9. The third-order valence-electron chi connectivity index (χ3n) is 4.91. The van der Waals surface area contributed by atoms with Crippen LogP contribution in [0.5, 0.6) is 17.2 Å². The highest BCUT2D eigenvalue weighted by Crippen LogP contribution is 2.39. The van der Waals surface area contributed by atoms with Crippen LogP contribution in [0.3, 0.4) is 0 Å². The van der Waals surface area contributed by atoms with Gasteiger partial charge in [0.25, 0.3) is 0 Å². The van der Waals surface area contributed by atoms with Crippen molar-refractivity contribution in [3.8, 4) is 17.2 Å². The molecule has 0 saturated heterocycles. The topological polar surface area (TPSA) is 67.4 Å². The molecule has 0 aliphatic heterocycles. The fourth-order valence-corrected chi connectivity index (χ4v) is 3.48. The molecular weight excluding hydrogens is 368 g/mol. The summed E-state index contributed by atoms with van der Waals surface area (Å²) in [7, 11) is 6.68. The molecule has 0 unspecified atom stereocenters. The van der Waals surface area contributed by atoms with Gasteiger partial charge in [-0.1, -0.05) is 6.07 Å². The predicted molar refractivity (Wildman–Crippen MR) is 121 cm³/mol. The summed E-state index contributed by atoms with van der Waals surface area (Å²) >= 11 is 0. The first-order chi connectivity index (χ1) is 13.9. The van der Waals surface area contributed by atoms with Crippen molar-refractivity contribution in [1.29, 1.82) is 0 Å². The van der Waals surface area contributed by atoms with Gasteiger partial charge in [0, 0.05) is 44.3 Å². The summed E-state index contributed by atoms with van der Waals surface area (Å²) in [4.78, 5) is 6.82. The number of hydrogen-bond acceptors (Lipinski definition) is 5. The lowest BCUT2D eigenvalue weighted by atomic mass is 10.1. The Morgan fingerprint density at radius 1 is 0.931 bits per heavy atom. The average molecular weight is 409 g/mol.